The summed E-state index contributed by atoms with van der Waals surface area (Å²) in [6.07, 6.45) is 1.98. The zero-order valence-electron chi connectivity index (χ0n) is 17.3. The van der Waals surface area contributed by atoms with Crippen LogP contribution in [0.3, 0.4) is 0 Å². The van der Waals surface area contributed by atoms with Gasteiger partial charge in [-0.3, -0.25) is 14.4 Å². The fraction of sp³-hybridized carbons (Fsp3) is 0.435. The molecule has 8 heteroatoms. The van der Waals surface area contributed by atoms with Crippen LogP contribution in [0.5, 0.6) is 0 Å². The summed E-state index contributed by atoms with van der Waals surface area (Å²) in [5.74, 6) is -0.802. The third-order valence-corrected chi connectivity index (χ3v) is 6.92. The highest BCUT2D eigenvalue weighted by Crippen LogP contribution is 2.23. The van der Waals surface area contributed by atoms with Crippen molar-refractivity contribution in [3.05, 3.63) is 58.0 Å². The van der Waals surface area contributed by atoms with Crippen LogP contribution in [0.1, 0.15) is 39.3 Å². The highest BCUT2D eigenvalue weighted by molar-refractivity contribution is 7.12. The number of rotatable bonds is 3. The number of hydrogen-bond acceptors (Lipinski definition) is 4. The molecule has 0 atom stereocenters. The molecule has 1 aromatic carbocycles. The Kier molecular flexibility index (Phi) is 6.65. The molecule has 0 N–H and O–H groups in total. The Morgan fingerprint density at radius 3 is 2.19 bits per heavy atom. The van der Waals surface area contributed by atoms with Crippen molar-refractivity contribution in [1.29, 1.82) is 0 Å². The van der Waals surface area contributed by atoms with Crippen LogP contribution >= 0.6 is 11.3 Å². The summed E-state index contributed by atoms with van der Waals surface area (Å²) in [5.41, 5.74) is 0.0741. The second kappa shape index (κ2) is 9.60. The fourth-order valence-electron chi connectivity index (χ4n) is 4.29. The van der Waals surface area contributed by atoms with E-state index in [9.17, 15) is 18.8 Å². The van der Waals surface area contributed by atoms with E-state index < -0.39 is 5.82 Å². The van der Waals surface area contributed by atoms with E-state index in [0.29, 0.717) is 58.5 Å². The standard InChI is InChI=1S/C23H26FN3O3S/c24-19-6-2-1-5-18(19)22(29)26-11-4-10-25(14-15-26)21(28)17-8-12-27(13-9-17)23(30)20-7-3-16-31-20/h1-3,5-7,16-17H,4,8-15H2. The molecule has 2 aliphatic rings. The SMILES string of the molecule is O=C(c1cccs1)N1CCC(C(=O)N2CCCN(C(=O)c3ccccc3F)CC2)CC1. The zero-order chi connectivity index (χ0) is 21.8. The first-order valence-corrected chi connectivity index (χ1v) is 11.6. The molecule has 0 saturated carbocycles. The molecule has 31 heavy (non-hydrogen) atoms. The van der Waals surface area contributed by atoms with Gasteiger partial charge in [-0.25, -0.2) is 4.39 Å². The first-order chi connectivity index (χ1) is 15.0. The molecule has 0 bridgehead atoms. The van der Waals surface area contributed by atoms with Crippen LogP contribution in [0, 0.1) is 11.7 Å². The molecular weight excluding hydrogens is 417 g/mol. The van der Waals surface area contributed by atoms with Gasteiger partial charge in [-0.05, 0) is 42.8 Å². The van der Waals surface area contributed by atoms with E-state index >= 15 is 0 Å². The normalized spacial score (nSPS) is 18.0. The number of amides is 3. The van der Waals surface area contributed by atoms with Crippen molar-refractivity contribution in [2.75, 3.05) is 39.3 Å². The van der Waals surface area contributed by atoms with Gasteiger partial charge in [-0.2, -0.15) is 0 Å². The van der Waals surface area contributed by atoms with Gasteiger partial charge in [0.2, 0.25) is 5.91 Å². The number of hydrogen-bond donors (Lipinski definition) is 0. The van der Waals surface area contributed by atoms with Crippen LogP contribution in [0.15, 0.2) is 41.8 Å². The van der Waals surface area contributed by atoms with E-state index in [1.165, 1.54) is 23.5 Å². The minimum atomic E-state index is -0.520. The molecule has 4 rings (SSSR count). The quantitative estimate of drug-likeness (QED) is 0.732. The lowest BCUT2D eigenvalue weighted by Gasteiger charge is -2.33. The number of carbonyl (C=O) groups is 3. The summed E-state index contributed by atoms with van der Waals surface area (Å²) in [6, 6.07) is 9.70. The van der Waals surface area contributed by atoms with E-state index in [1.807, 2.05) is 27.3 Å². The van der Waals surface area contributed by atoms with Gasteiger partial charge < -0.3 is 14.7 Å². The molecule has 0 radical (unpaired) electrons. The van der Waals surface area contributed by atoms with Crippen LogP contribution < -0.4 is 0 Å². The van der Waals surface area contributed by atoms with Crippen molar-refractivity contribution >= 4 is 29.1 Å². The summed E-state index contributed by atoms with van der Waals surface area (Å²) in [4.78, 5) is 44.3. The van der Waals surface area contributed by atoms with Gasteiger partial charge in [0, 0.05) is 45.2 Å². The average Bonchev–Trinajstić information content (AvgIpc) is 3.23. The van der Waals surface area contributed by atoms with Crippen molar-refractivity contribution in [2.24, 2.45) is 5.92 Å². The smallest absolute Gasteiger partial charge is 0.263 e. The maximum absolute atomic E-state index is 14.0. The van der Waals surface area contributed by atoms with Gasteiger partial charge in [0.05, 0.1) is 10.4 Å². The first kappa shape index (κ1) is 21.5. The van der Waals surface area contributed by atoms with Gasteiger partial charge >= 0.3 is 0 Å². The van der Waals surface area contributed by atoms with Crippen molar-refractivity contribution in [2.45, 2.75) is 19.3 Å². The molecule has 3 amide bonds. The molecule has 0 aliphatic carbocycles. The Morgan fingerprint density at radius 2 is 1.48 bits per heavy atom. The minimum Gasteiger partial charge on any atom is -0.341 e. The van der Waals surface area contributed by atoms with Crippen LogP contribution in [-0.4, -0.2) is 71.7 Å². The number of halogens is 1. The van der Waals surface area contributed by atoms with Crippen LogP contribution in [0.25, 0.3) is 0 Å². The van der Waals surface area contributed by atoms with Gasteiger partial charge in [0.15, 0.2) is 0 Å². The topological polar surface area (TPSA) is 60.9 Å². The molecule has 2 aromatic rings. The molecule has 2 fully saturated rings. The third kappa shape index (κ3) is 4.79. The average molecular weight is 444 g/mol. The van der Waals surface area contributed by atoms with Crippen LogP contribution in [0.2, 0.25) is 0 Å². The molecule has 2 aliphatic heterocycles. The predicted octanol–water partition coefficient (Wildman–Crippen LogP) is 3.11. The summed E-state index contributed by atoms with van der Waals surface area (Å²) >= 11 is 1.44. The number of carbonyl (C=O) groups excluding carboxylic acids is 3. The Morgan fingerprint density at radius 1 is 0.806 bits per heavy atom. The number of piperidine rings is 1. The van der Waals surface area contributed by atoms with Crippen molar-refractivity contribution < 1.29 is 18.8 Å². The zero-order valence-corrected chi connectivity index (χ0v) is 18.2. The van der Waals surface area contributed by atoms with E-state index in [4.69, 9.17) is 0 Å². The van der Waals surface area contributed by atoms with E-state index in [-0.39, 0.29) is 29.2 Å². The second-order valence-corrected chi connectivity index (χ2v) is 8.94. The molecule has 1 aromatic heterocycles. The summed E-state index contributed by atoms with van der Waals surface area (Å²) in [6.45, 7) is 3.11. The molecule has 6 nitrogen and oxygen atoms in total. The molecule has 3 heterocycles. The van der Waals surface area contributed by atoms with Gasteiger partial charge in [-0.1, -0.05) is 18.2 Å². The van der Waals surface area contributed by atoms with Crippen LogP contribution in [-0.2, 0) is 4.79 Å². The van der Waals surface area contributed by atoms with Crippen molar-refractivity contribution in [1.82, 2.24) is 14.7 Å². The fourth-order valence-corrected chi connectivity index (χ4v) is 4.98. The second-order valence-electron chi connectivity index (χ2n) is 7.99. The summed E-state index contributed by atoms with van der Waals surface area (Å²) < 4.78 is 14.0. The van der Waals surface area contributed by atoms with Crippen molar-refractivity contribution in [3.8, 4) is 0 Å². The lowest BCUT2D eigenvalue weighted by molar-refractivity contribution is -0.136. The summed E-state index contributed by atoms with van der Waals surface area (Å²) in [5, 5.41) is 1.89. The van der Waals surface area contributed by atoms with E-state index in [0.717, 1.165) is 4.88 Å². The van der Waals surface area contributed by atoms with Crippen molar-refractivity contribution in [3.63, 3.8) is 0 Å². The lowest BCUT2D eigenvalue weighted by atomic mass is 9.95. The molecule has 0 unspecified atom stereocenters. The largest absolute Gasteiger partial charge is 0.341 e. The highest BCUT2D eigenvalue weighted by Gasteiger charge is 2.32. The number of benzene rings is 1. The Balaban J connectivity index is 1.31. The lowest BCUT2D eigenvalue weighted by Crippen LogP contribution is -2.45. The third-order valence-electron chi connectivity index (χ3n) is 6.06. The number of likely N-dealkylation sites (tertiary alicyclic amines) is 1. The Bertz CT molecular complexity index is 941. The maximum atomic E-state index is 14.0. The number of nitrogens with zero attached hydrogens (tertiary/aromatic N) is 3. The molecule has 2 saturated heterocycles. The minimum absolute atomic E-state index is 0.0398. The first-order valence-electron chi connectivity index (χ1n) is 10.7. The maximum Gasteiger partial charge on any atom is 0.263 e. The molecule has 0 spiro atoms. The van der Waals surface area contributed by atoms with Gasteiger partial charge in [-0.15, -0.1) is 11.3 Å². The Hall–Kier alpha value is -2.74. The predicted molar refractivity (Wildman–Crippen MR) is 116 cm³/mol. The molecular formula is C23H26FN3O3S. The Labute approximate surface area is 185 Å². The van der Waals surface area contributed by atoms with Gasteiger partial charge in [0.25, 0.3) is 11.8 Å². The molecule has 164 valence electrons. The highest BCUT2D eigenvalue weighted by atomic mass is 32.1. The number of thiophene rings is 1. The van der Waals surface area contributed by atoms with E-state index in [1.54, 1.807) is 17.0 Å². The van der Waals surface area contributed by atoms with Gasteiger partial charge in [0.1, 0.15) is 5.82 Å². The monoisotopic (exact) mass is 443 g/mol. The summed E-state index contributed by atoms with van der Waals surface area (Å²) in [7, 11) is 0. The van der Waals surface area contributed by atoms with Crippen LogP contribution in [0.4, 0.5) is 4.39 Å². The van der Waals surface area contributed by atoms with E-state index in [2.05, 4.69) is 0 Å².